The standard InChI is InChI=1S/C16H23NO5/c1-10(2)11(3)17-15(18)9-22-14-8-12(20-4)6-7-13(14)16(19)21-5/h6-8,10-11H,9H2,1-5H3,(H,17,18)/t11-/m1/s1. The van der Waals surface area contributed by atoms with Gasteiger partial charge in [-0.3, -0.25) is 4.79 Å². The lowest BCUT2D eigenvalue weighted by atomic mass is 10.1. The molecule has 0 heterocycles. The summed E-state index contributed by atoms with van der Waals surface area (Å²) in [5.41, 5.74) is 0.244. The molecule has 6 nitrogen and oxygen atoms in total. The van der Waals surface area contributed by atoms with Crippen LogP contribution in [0.4, 0.5) is 0 Å². The van der Waals surface area contributed by atoms with Gasteiger partial charge < -0.3 is 19.5 Å². The molecule has 0 fully saturated rings. The number of amides is 1. The molecule has 0 radical (unpaired) electrons. The number of benzene rings is 1. The van der Waals surface area contributed by atoms with Gasteiger partial charge in [-0.15, -0.1) is 0 Å². The lowest BCUT2D eigenvalue weighted by Gasteiger charge is -2.18. The molecule has 1 aromatic carbocycles. The van der Waals surface area contributed by atoms with E-state index >= 15 is 0 Å². The SMILES string of the molecule is COC(=O)c1ccc(OC)cc1OCC(=O)N[C@H](C)C(C)C. The Kier molecular flexibility index (Phi) is 6.69. The average Bonchev–Trinajstić information content (AvgIpc) is 2.51. The number of ether oxygens (including phenoxy) is 3. The van der Waals surface area contributed by atoms with Crippen LogP contribution in [0.15, 0.2) is 18.2 Å². The van der Waals surface area contributed by atoms with Crippen molar-refractivity contribution in [1.82, 2.24) is 5.32 Å². The number of esters is 1. The molecule has 1 aromatic rings. The number of hydrogen-bond acceptors (Lipinski definition) is 5. The maximum Gasteiger partial charge on any atom is 0.341 e. The third kappa shape index (κ3) is 4.95. The fourth-order valence-electron chi connectivity index (χ4n) is 1.63. The Bertz CT molecular complexity index is 527. The van der Waals surface area contributed by atoms with Crippen molar-refractivity contribution in [3.63, 3.8) is 0 Å². The number of rotatable bonds is 7. The molecule has 0 aliphatic rings. The zero-order valence-corrected chi connectivity index (χ0v) is 13.6. The summed E-state index contributed by atoms with van der Waals surface area (Å²) in [6, 6.07) is 4.75. The van der Waals surface area contributed by atoms with Crippen LogP contribution in [0.25, 0.3) is 0 Å². The maximum atomic E-state index is 11.9. The minimum Gasteiger partial charge on any atom is -0.497 e. The first kappa shape index (κ1) is 17.8. The Hall–Kier alpha value is -2.24. The molecule has 0 aromatic heterocycles. The highest BCUT2D eigenvalue weighted by molar-refractivity contribution is 5.92. The molecule has 6 heteroatoms. The van der Waals surface area contributed by atoms with E-state index in [1.807, 2.05) is 20.8 Å². The smallest absolute Gasteiger partial charge is 0.341 e. The predicted octanol–water partition coefficient (Wildman–Crippen LogP) is 2.02. The molecule has 0 saturated heterocycles. The predicted molar refractivity (Wildman–Crippen MR) is 82.3 cm³/mol. The van der Waals surface area contributed by atoms with E-state index < -0.39 is 5.97 Å². The maximum absolute atomic E-state index is 11.9. The number of methoxy groups -OCH3 is 2. The first-order chi connectivity index (χ1) is 10.4. The van der Waals surface area contributed by atoms with Gasteiger partial charge in [-0.1, -0.05) is 13.8 Å². The van der Waals surface area contributed by atoms with Crippen molar-refractivity contribution in [2.24, 2.45) is 5.92 Å². The zero-order chi connectivity index (χ0) is 16.7. The van der Waals surface area contributed by atoms with Crippen LogP contribution in [0, 0.1) is 5.92 Å². The zero-order valence-electron chi connectivity index (χ0n) is 13.6. The van der Waals surface area contributed by atoms with Gasteiger partial charge in [0.15, 0.2) is 6.61 Å². The van der Waals surface area contributed by atoms with Crippen LogP contribution < -0.4 is 14.8 Å². The first-order valence-electron chi connectivity index (χ1n) is 7.07. The van der Waals surface area contributed by atoms with Crippen LogP contribution in [0.5, 0.6) is 11.5 Å². The number of hydrogen-bond donors (Lipinski definition) is 1. The van der Waals surface area contributed by atoms with E-state index in [2.05, 4.69) is 5.32 Å². The molecule has 0 bridgehead atoms. The molecule has 1 N–H and O–H groups in total. The quantitative estimate of drug-likeness (QED) is 0.780. The second kappa shape index (κ2) is 8.26. The third-order valence-electron chi connectivity index (χ3n) is 3.34. The molecule has 1 rings (SSSR count). The van der Waals surface area contributed by atoms with Crippen molar-refractivity contribution in [3.05, 3.63) is 23.8 Å². The van der Waals surface area contributed by atoms with Crippen LogP contribution in [0.2, 0.25) is 0 Å². The van der Waals surface area contributed by atoms with E-state index in [1.165, 1.54) is 20.3 Å². The highest BCUT2D eigenvalue weighted by atomic mass is 16.5. The van der Waals surface area contributed by atoms with Gasteiger partial charge in [0.1, 0.15) is 17.1 Å². The van der Waals surface area contributed by atoms with Crippen LogP contribution in [-0.2, 0) is 9.53 Å². The van der Waals surface area contributed by atoms with Crippen LogP contribution in [0.3, 0.4) is 0 Å². The second-order valence-electron chi connectivity index (χ2n) is 5.24. The Balaban J connectivity index is 2.78. The highest BCUT2D eigenvalue weighted by Gasteiger charge is 2.16. The molecule has 122 valence electrons. The van der Waals surface area contributed by atoms with Crippen molar-refractivity contribution in [2.75, 3.05) is 20.8 Å². The number of carbonyl (C=O) groups excluding carboxylic acids is 2. The molecule has 0 saturated carbocycles. The van der Waals surface area contributed by atoms with E-state index in [0.717, 1.165) is 0 Å². The Morgan fingerprint density at radius 3 is 2.41 bits per heavy atom. The van der Waals surface area contributed by atoms with Gasteiger partial charge in [0.2, 0.25) is 0 Å². The van der Waals surface area contributed by atoms with Gasteiger partial charge in [0, 0.05) is 12.1 Å². The van der Waals surface area contributed by atoms with E-state index in [1.54, 1.807) is 12.1 Å². The highest BCUT2D eigenvalue weighted by Crippen LogP contribution is 2.25. The van der Waals surface area contributed by atoms with Gasteiger partial charge in [-0.05, 0) is 25.0 Å². The van der Waals surface area contributed by atoms with Crippen molar-refractivity contribution in [1.29, 1.82) is 0 Å². The first-order valence-corrected chi connectivity index (χ1v) is 7.07. The minimum absolute atomic E-state index is 0.0430. The summed E-state index contributed by atoms with van der Waals surface area (Å²) in [4.78, 5) is 23.6. The molecule has 0 unspecified atom stereocenters. The van der Waals surface area contributed by atoms with Crippen molar-refractivity contribution in [2.45, 2.75) is 26.8 Å². The van der Waals surface area contributed by atoms with Gasteiger partial charge >= 0.3 is 5.97 Å². The van der Waals surface area contributed by atoms with Crippen LogP contribution in [0.1, 0.15) is 31.1 Å². The van der Waals surface area contributed by atoms with Gasteiger partial charge in [-0.2, -0.15) is 0 Å². The summed E-state index contributed by atoms with van der Waals surface area (Å²) >= 11 is 0. The number of carbonyl (C=O) groups is 2. The molecule has 0 aliphatic carbocycles. The largest absolute Gasteiger partial charge is 0.497 e. The molecule has 1 atom stereocenters. The second-order valence-corrected chi connectivity index (χ2v) is 5.24. The summed E-state index contributed by atoms with van der Waals surface area (Å²) in [7, 11) is 2.79. The topological polar surface area (TPSA) is 73.9 Å². The lowest BCUT2D eigenvalue weighted by Crippen LogP contribution is -2.39. The Morgan fingerprint density at radius 2 is 1.86 bits per heavy atom. The summed E-state index contributed by atoms with van der Waals surface area (Å²) in [6.07, 6.45) is 0. The molecule has 22 heavy (non-hydrogen) atoms. The molecule has 0 spiro atoms. The van der Waals surface area contributed by atoms with Crippen LogP contribution >= 0.6 is 0 Å². The summed E-state index contributed by atoms with van der Waals surface area (Å²) < 4.78 is 15.2. The van der Waals surface area contributed by atoms with Crippen LogP contribution in [-0.4, -0.2) is 38.7 Å². The van der Waals surface area contributed by atoms with E-state index in [-0.39, 0.29) is 29.9 Å². The van der Waals surface area contributed by atoms with Crippen molar-refractivity contribution < 1.29 is 23.8 Å². The fourth-order valence-corrected chi connectivity index (χ4v) is 1.63. The van der Waals surface area contributed by atoms with Crippen molar-refractivity contribution in [3.8, 4) is 11.5 Å². The molecular formula is C16H23NO5. The normalized spacial score (nSPS) is 11.7. The lowest BCUT2D eigenvalue weighted by molar-refractivity contribution is -0.124. The van der Waals surface area contributed by atoms with E-state index in [4.69, 9.17) is 14.2 Å². The summed E-state index contributed by atoms with van der Waals surface area (Å²) in [5, 5.41) is 2.83. The molecule has 0 aliphatic heterocycles. The van der Waals surface area contributed by atoms with E-state index in [0.29, 0.717) is 11.7 Å². The fraction of sp³-hybridized carbons (Fsp3) is 0.500. The van der Waals surface area contributed by atoms with Gasteiger partial charge in [0.05, 0.1) is 14.2 Å². The number of nitrogens with one attached hydrogen (secondary N) is 1. The summed E-state index contributed by atoms with van der Waals surface area (Å²) in [6.45, 7) is 5.77. The molecule has 1 amide bonds. The minimum atomic E-state index is -0.534. The molecular weight excluding hydrogens is 286 g/mol. The third-order valence-corrected chi connectivity index (χ3v) is 3.34. The average molecular weight is 309 g/mol. The summed E-state index contributed by atoms with van der Waals surface area (Å²) in [5.74, 6) is 0.317. The van der Waals surface area contributed by atoms with Crippen molar-refractivity contribution >= 4 is 11.9 Å². The van der Waals surface area contributed by atoms with Gasteiger partial charge in [-0.25, -0.2) is 4.79 Å². The van der Waals surface area contributed by atoms with E-state index in [9.17, 15) is 9.59 Å². The Labute approximate surface area is 130 Å². The van der Waals surface area contributed by atoms with Gasteiger partial charge in [0.25, 0.3) is 5.91 Å². The Morgan fingerprint density at radius 1 is 1.18 bits per heavy atom. The monoisotopic (exact) mass is 309 g/mol.